The van der Waals surface area contributed by atoms with Crippen molar-refractivity contribution in [2.24, 2.45) is 0 Å². The van der Waals surface area contributed by atoms with Gasteiger partial charge in [0.25, 0.3) is 5.91 Å². The van der Waals surface area contributed by atoms with Crippen LogP contribution in [0, 0.1) is 0 Å². The molecule has 0 radical (unpaired) electrons. The minimum absolute atomic E-state index is 0.0296. The number of carbonyl (C=O) groups excluding carboxylic acids is 1. The Morgan fingerprint density at radius 3 is 2.16 bits per heavy atom. The zero-order valence-electron chi connectivity index (χ0n) is 14.8. The number of rotatable bonds is 6. The number of ether oxygens (including phenoxy) is 1. The molecule has 0 aliphatic carbocycles. The van der Waals surface area contributed by atoms with Crippen LogP contribution in [0.4, 0.5) is 0 Å². The lowest BCUT2D eigenvalue weighted by Gasteiger charge is -2.50. The molecular formula is C21H25NO3. The Morgan fingerprint density at radius 1 is 1.08 bits per heavy atom. The lowest BCUT2D eigenvalue weighted by atomic mass is 9.74. The minimum Gasteiger partial charge on any atom is -0.395 e. The summed E-state index contributed by atoms with van der Waals surface area (Å²) in [4.78, 5) is 14.8. The van der Waals surface area contributed by atoms with Crippen LogP contribution in [0.25, 0.3) is 0 Å². The summed E-state index contributed by atoms with van der Waals surface area (Å²) in [6, 6.07) is 19.5. The van der Waals surface area contributed by atoms with E-state index in [4.69, 9.17) is 4.74 Å². The van der Waals surface area contributed by atoms with E-state index in [0.29, 0.717) is 13.1 Å². The van der Waals surface area contributed by atoms with Gasteiger partial charge in [0.05, 0.1) is 18.1 Å². The summed E-state index contributed by atoms with van der Waals surface area (Å²) in [6.07, 6.45) is -0.652. The molecule has 1 aliphatic heterocycles. The van der Waals surface area contributed by atoms with Gasteiger partial charge in [-0.05, 0) is 25.0 Å². The number of aliphatic hydroxyl groups excluding tert-OH is 1. The predicted molar refractivity (Wildman–Crippen MR) is 97.2 cm³/mol. The number of likely N-dealkylation sites (tertiary alicyclic amines) is 1. The van der Waals surface area contributed by atoms with Gasteiger partial charge >= 0.3 is 0 Å². The summed E-state index contributed by atoms with van der Waals surface area (Å²) in [6.45, 7) is 4.92. The third-order valence-corrected chi connectivity index (χ3v) is 4.72. The number of nitrogens with zero attached hydrogens (tertiary/aromatic N) is 1. The first-order valence-electron chi connectivity index (χ1n) is 8.71. The second-order valence-corrected chi connectivity index (χ2v) is 6.97. The van der Waals surface area contributed by atoms with E-state index < -0.39 is 6.10 Å². The fourth-order valence-corrected chi connectivity index (χ4v) is 3.35. The molecule has 132 valence electrons. The van der Waals surface area contributed by atoms with E-state index in [-0.39, 0.29) is 24.0 Å². The molecule has 1 fully saturated rings. The van der Waals surface area contributed by atoms with Gasteiger partial charge in [-0.25, -0.2) is 0 Å². The van der Waals surface area contributed by atoms with Crippen molar-refractivity contribution in [2.75, 3.05) is 19.7 Å². The molecule has 1 heterocycles. The molecule has 2 aromatic carbocycles. The Morgan fingerprint density at radius 2 is 1.64 bits per heavy atom. The second-order valence-electron chi connectivity index (χ2n) is 6.97. The summed E-state index contributed by atoms with van der Waals surface area (Å²) < 4.78 is 5.91. The van der Waals surface area contributed by atoms with Gasteiger partial charge in [-0.15, -0.1) is 0 Å². The molecule has 4 heteroatoms. The number of carbonyl (C=O) groups is 1. The van der Waals surface area contributed by atoms with Gasteiger partial charge in [-0.3, -0.25) is 4.79 Å². The maximum absolute atomic E-state index is 13.0. The summed E-state index contributed by atoms with van der Waals surface area (Å²) in [5.74, 6) is -0.0418. The predicted octanol–water partition coefficient (Wildman–Crippen LogP) is 2.93. The first kappa shape index (κ1) is 17.6. The number of benzene rings is 2. The van der Waals surface area contributed by atoms with E-state index in [1.807, 2.05) is 74.5 Å². The molecular weight excluding hydrogens is 314 g/mol. The molecule has 4 nitrogen and oxygen atoms in total. The highest BCUT2D eigenvalue weighted by atomic mass is 16.5. The van der Waals surface area contributed by atoms with Crippen molar-refractivity contribution >= 4 is 5.91 Å². The monoisotopic (exact) mass is 339 g/mol. The van der Waals surface area contributed by atoms with Crippen LogP contribution in [0.2, 0.25) is 0 Å². The van der Waals surface area contributed by atoms with Gasteiger partial charge in [-0.2, -0.15) is 0 Å². The van der Waals surface area contributed by atoms with Crippen molar-refractivity contribution in [3.63, 3.8) is 0 Å². The average Bonchev–Trinajstić information content (AvgIpc) is 2.60. The molecule has 0 saturated carbocycles. The van der Waals surface area contributed by atoms with Crippen molar-refractivity contribution in [3.05, 3.63) is 71.8 Å². The van der Waals surface area contributed by atoms with Crippen LogP contribution in [0.1, 0.15) is 31.1 Å². The number of amides is 1. The van der Waals surface area contributed by atoms with Crippen LogP contribution < -0.4 is 0 Å². The van der Waals surface area contributed by atoms with Crippen molar-refractivity contribution in [1.82, 2.24) is 4.90 Å². The Labute approximate surface area is 149 Å². The number of hydrogen-bond donors (Lipinski definition) is 1. The molecule has 1 saturated heterocycles. The summed E-state index contributed by atoms with van der Waals surface area (Å²) in [5, 5.41) is 9.92. The molecule has 1 unspecified atom stereocenters. The van der Waals surface area contributed by atoms with Crippen molar-refractivity contribution in [1.29, 1.82) is 0 Å². The van der Waals surface area contributed by atoms with Gasteiger partial charge in [0, 0.05) is 13.1 Å². The maximum atomic E-state index is 13.0. The Balaban J connectivity index is 1.76. The van der Waals surface area contributed by atoms with Crippen molar-refractivity contribution in [3.8, 4) is 0 Å². The largest absolute Gasteiger partial charge is 0.395 e. The van der Waals surface area contributed by atoms with Gasteiger partial charge in [0.1, 0.15) is 0 Å². The number of aliphatic hydroxyl groups is 1. The maximum Gasteiger partial charge on any atom is 0.256 e. The molecule has 0 spiro atoms. The first-order chi connectivity index (χ1) is 12.1. The molecule has 1 N–H and O–H groups in total. The van der Waals surface area contributed by atoms with Crippen molar-refractivity contribution in [2.45, 2.75) is 31.5 Å². The van der Waals surface area contributed by atoms with E-state index in [2.05, 4.69) is 0 Å². The van der Waals surface area contributed by atoms with Crippen molar-refractivity contribution < 1.29 is 14.6 Å². The van der Waals surface area contributed by atoms with Crippen LogP contribution in [0.3, 0.4) is 0 Å². The Bertz CT molecular complexity index is 694. The topological polar surface area (TPSA) is 49.8 Å². The molecule has 1 aliphatic rings. The second kappa shape index (κ2) is 7.38. The fraction of sp³-hybridized carbons (Fsp3) is 0.381. The van der Waals surface area contributed by atoms with Gasteiger partial charge in [-0.1, -0.05) is 60.7 Å². The average molecular weight is 339 g/mol. The highest BCUT2D eigenvalue weighted by Crippen LogP contribution is 2.36. The molecule has 3 rings (SSSR count). The highest BCUT2D eigenvalue weighted by molar-refractivity contribution is 5.83. The molecule has 0 aromatic heterocycles. The molecule has 1 amide bonds. The third kappa shape index (κ3) is 3.60. The smallest absolute Gasteiger partial charge is 0.256 e. The Kier molecular flexibility index (Phi) is 5.21. The van der Waals surface area contributed by atoms with E-state index >= 15 is 0 Å². The molecule has 2 aromatic rings. The van der Waals surface area contributed by atoms with Crippen LogP contribution >= 0.6 is 0 Å². The lowest BCUT2D eigenvalue weighted by Crippen LogP contribution is -2.64. The lowest BCUT2D eigenvalue weighted by molar-refractivity contribution is -0.156. The highest BCUT2D eigenvalue weighted by Gasteiger charge is 2.47. The zero-order valence-corrected chi connectivity index (χ0v) is 14.8. The Hall–Kier alpha value is -2.17. The molecule has 25 heavy (non-hydrogen) atoms. The van der Waals surface area contributed by atoms with Crippen LogP contribution in [0.15, 0.2) is 60.7 Å². The SMILES string of the molecule is CC(C)OC(C(=O)N1CC(CO)(c2ccccc2)C1)c1ccccc1. The molecule has 1 atom stereocenters. The fourth-order valence-electron chi connectivity index (χ4n) is 3.35. The van der Waals surface area contributed by atoms with E-state index in [1.165, 1.54) is 0 Å². The molecule has 0 bridgehead atoms. The normalized spacial score (nSPS) is 17.2. The van der Waals surface area contributed by atoms with Gasteiger partial charge < -0.3 is 14.7 Å². The van der Waals surface area contributed by atoms with Gasteiger partial charge in [0.15, 0.2) is 6.10 Å². The summed E-state index contributed by atoms with van der Waals surface area (Å²) in [7, 11) is 0. The van der Waals surface area contributed by atoms with E-state index in [1.54, 1.807) is 4.90 Å². The number of hydrogen-bond acceptors (Lipinski definition) is 3. The van der Waals surface area contributed by atoms with Crippen LogP contribution in [-0.2, 0) is 14.9 Å². The zero-order chi connectivity index (χ0) is 17.9. The minimum atomic E-state index is -0.603. The summed E-state index contributed by atoms with van der Waals surface area (Å²) >= 11 is 0. The van der Waals surface area contributed by atoms with Gasteiger partial charge in [0.2, 0.25) is 0 Å². The third-order valence-electron chi connectivity index (χ3n) is 4.72. The van der Waals surface area contributed by atoms with Crippen LogP contribution in [0.5, 0.6) is 0 Å². The van der Waals surface area contributed by atoms with E-state index in [9.17, 15) is 9.90 Å². The quantitative estimate of drug-likeness (QED) is 0.880. The summed E-state index contributed by atoms with van der Waals surface area (Å²) in [5.41, 5.74) is 1.57. The van der Waals surface area contributed by atoms with Crippen LogP contribution in [-0.4, -0.2) is 41.7 Å². The first-order valence-corrected chi connectivity index (χ1v) is 8.71. The standard InChI is InChI=1S/C21H25NO3/c1-16(2)25-19(17-9-5-3-6-10-17)20(24)22-13-21(14-22,15-23)18-11-7-4-8-12-18/h3-12,16,19,23H,13-15H2,1-2H3. The van der Waals surface area contributed by atoms with E-state index in [0.717, 1.165) is 11.1 Å².